The predicted molar refractivity (Wildman–Crippen MR) is 76.5 cm³/mol. The molecule has 2 aliphatic carbocycles. The first kappa shape index (κ1) is 15.1. The van der Waals surface area contributed by atoms with Gasteiger partial charge in [-0.2, -0.15) is 0 Å². The average Bonchev–Trinajstić information content (AvgIpc) is 3.21. The Kier molecular flexibility index (Phi) is 5.26. The lowest BCUT2D eigenvalue weighted by Gasteiger charge is -2.29. The van der Waals surface area contributed by atoms with E-state index in [9.17, 15) is 9.59 Å². The van der Waals surface area contributed by atoms with E-state index in [-0.39, 0.29) is 24.5 Å². The molecule has 114 valence electrons. The number of urea groups is 1. The summed E-state index contributed by atoms with van der Waals surface area (Å²) in [7, 11) is 0. The van der Waals surface area contributed by atoms with E-state index in [1.54, 1.807) is 0 Å². The van der Waals surface area contributed by atoms with Crippen LogP contribution >= 0.6 is 0 Å². The van der Waals surface area contributed by atoms with Crippen molar-refractivity contribution in [3.8, 4) is 0 Å². The molecule has 0 bridgehead atoms. The van der Waals surface area contributed by atoms with Crippen LogP contribution in [0.4, 0.5) is 4.79 Å². The third kappa shape index (κ3) is 4.69. The molecule has 2 fully saturated rings. The Bertz CT molecular complexity index is 355. The number of hydrogen-bond donors (Lipinski definition) is 3. The molecule has 0 aromatic carbocycles. The fourth-order valence-electron chi connectivity index (χ4n) is 3.21. The minimum atomic E-state index is -0.842. The molecule has 2 rings (SSSR count). The Morgan fingerprint density at radius 3 is 2.60 bits per heavy atom. The van der Waals surface area contributed by atoms with E-state index in [1.807, 2.05) is 0 Å². The van der Waals surface area contributed by atoms with E-state index in [4.69, 9.17) is 5.11 Å². The number of carbonyl (C=O) groups is 2. The van der Waals surface area contributed by atoms with Crippen LogP contribution < -0.4 is 10.6 Å². The van der Waals surface area contributed by atoms with Gasteiger partial charge >= 0.3 is 12.0 Å². The highest BCUT2D eigenvalue weighted by Crippen LogP contribution is 2.34. The van der Waals surface area contributed by atoms with Crippen molar-refractivity contribution in [3.05, 3.63) is 0 Å². The fourth-order valence-corrected chi connectivity index (χ4v) is 3.21. The van der Waals surface area contributed by atoms with Crippen molar-refractivity contribution in [1.82, 2.24) is 10.6 Å². The molecule has 20 heavy (non-hydrogen) atoms. The summed E-state index contributed by atoms with van der Waals surface area (Å²) in [6.07, 6.45) is 7.78. The predicted octanol–water partition coefficient (Wildman–Crippen LogP) is 2.51. The number of nitrogens with one attached hydrogen (secondary N) is 2. The lowest BCUT2D eigenvalue weighted by molar-refractivity contribution is -0.137. The van der Waals surface area contributed by atoms with Gasteiger partial charge in [-0.1, -0.05) is 26.2 Å². The van der Waals surface area contributed by atoms with Crippen molar-refractivity contribution < 1.29 is 14.7 Å². The normalized spacial score (nSPS) is 27.6. The zero-order valence-electron chi connectivity index (χ0n) is 12.2. The van der Waals surface area contributed by atoms with Crippen LogP contribution in [0.3, 0.4) is 0 Å². The van der Waals surface area contributed by atoms with Crippen LogP contribution in [-0.2, 0) is 4.79 Å². The van der Waals surface area contributed by atoms with Crippen LogP contribution in [0.5, 0.6) is 0 Å². The van der Waals surface area contributed by atoms with Gasteiger partial charge in [0.1, 0.15) is 0 Å². The van der Waals surface area contributed by atoms with Crippen molar-refractivity contribution in [1.29, 1.82) is 0 Å². The van der Waals surface area contributed by atoms with Gasteiger partial charge in [0.15, 0.2) is 0 Å². The standard InChI is InChI=1S/C15H26N2O3/c1-2-10-4-3-5-12(8-10)16-15(20)17-13(9-14(18)19)11-6-7-11/h10-13H,2-9H2,1H3,(H,18,19)(H2,16,17,20). The quantitative estimate of drug-likeness (QED) is 0.700. The van der Waals surface area contributed by atoms with Gasteiger partial charge in [0.05, 0.1) is 6.42 Å². The largest absolute Gasteiger partial charge is 0.481 e. The second kappa shape index (κ2) is 6.95. The van der Waals surface area contributed by atoms with Crippen LogP contribution in [0.25, 0.3) is 0 Å². The number of amides is 2. The summed E-state index contributed by atoms with van der Waals surface area (Å²) in [6, 6.07) is -0.152. The molecule has 3 N–H and O–H groups in total. The van der Waals surface area contributed by atoms with Crippen molar-refractivity contribution in [2.75, 3.05) is 0 Å². The third-order valence-corrected chi connectivity index (χ3v) is 4.60. The first-order valence-corrected chi connectivity index (χ1v) is 7.87. The Hall–Kier alpha value is -1.26. The second-order valence-corrected chi connectivity index (χ2v) is 6.30. The van der Waals surface area contributed by atoms with E-state index < -0.39 is 5.97 Å². The second-order valence-electron chi connectivity index (χ2n) is 6.30. The number of carboxylic acid groups (broad SMARTS) is 1. The van der Waals surface area contributed by atoms with Gasteiger partial charge in [-0.15, -0.1) is 0 Å². The fraction of sp³-hybridized carbons (Fsp3) is 0.867. The van der Waals surface area contributed by atoms with Crippen LogP contribution in [0, 0.1) is 11.8 Å². The van der Waals surface area contributed by atoms with E-state index in [1.165, 1.54) is 19.3 Å². The Morgan fingerprint density at radius 1 is 1.25 bits per heavy atom. The van der Waals surface area contributed by atoms with Gasteiger partial charge in [-0.25, -0.2) is 4.79 Å². The number of aliphatic carboxylic acids is 1. The van der Waals surface area contributed by atoms with Crippen molar-refractivity contribution >= 4 is 12.0 Å². The molecule has 0 aromatic heterocycles. The maximum absolute atomic E-state index is 12.0. The van der Waals surface area contributed by atoms with E-state index in [0.29, 0.717) is 11.8 Å². The van der Waals surface area contributed by atoms with Crippen molar-refractivity contribution in [2.24, 2.45) is 11.8 Å². The molecular weight excluding hydrogens is 256 g/mol. The molecule has 0 saturated heterocycles. The smallest absolute Gasteiger partial charge is 0.315 e. The van der Waals surface area contributed by atoms with E-state index in [0.717, 1.165) is 25.7 Å². The molecule has 5 nitrogen and oxygen atoms in total. The van der Waals surface area contributed by atoms with Gasteiger partial charge < -0.3 is 15.7 Å². The molecule has 0 heterocycles. The molecule has 2 saturated carbocycles. The van der Waals surface area contributed by atoms with E-state index in [2.05, 4.69) is 17.6 Å². The van der Waals surface area contributed by atoms with Gasteiger partial charge in [-0.05, 0) is 37.5 Å². The van der Waals surface area contributed by atoms with Gasteiger partial charge in [0.25, 0.3) is 0 Å². The minimum absolute atomic E-state index is 0.0281. The van der Waals surface area contributed by atoms with Gasteiger partial charge in [0, 0.05) is 12.1 Å². The molecule has 0 radical (unpaired) electrons. The Labute approximate surface area is 120 Å². The maximum atomic E-state index is 12.0. The summed E-state index contributed by atoms with van der Waals surface area (Å²) >= 11 is 0. The molecular formula is C15H26N2O3. The van der Waals surface area contributed by atoms with Gasteiger partial charge in [-0.3, -0.25) is 4.79 Å². The average molecular weight is 282 g/mol. The molecule has 3 unspecified atom stereocenters. The molecule has 0 aliphatic heterocycles. The van der Waals surface area contributed by atoms with Crippen LogP contribution in [0.1, 0.15) is 58.3 Å². The summed E-state index contributed by atoms with van der Waals surface area (Å²) in [5.41, 5.74) is 0. The summed E-state index contributed by atoms with van der Waals surface area (Å²) < 4.78 is 0. The van der Waals surface area contributed by atoms with Crippen molar-refractivity contribution in [2.45, 2.75) is 70.4 Å². The Balaban J connectivity index is 1.77. The maximum Gasteiger partial charge on any atom is 0.315 e. The summed E-state index contributed by atoms with van der Waals surface area (Å²) in [5, 5.41) is 14.8. The zero-order valence-corrected chi connectivity index (χ0v) is 12.2. The Morgan fingerprint density at radius 2 is 2.00 bits per heavy atom. The lowest BCUT2D eigenvalue weighted by atomic mass is 9.84. The molecule has 2 amide bonds. The first-order chi connectivity index (χ1) is 9.58. The molecule has 0 spiro atoms. The minimum Gasteiger partial charge on any atom is -0.481 e. The number of carbonyl (C=O) groups excluding carboxylic acids is 1. The van der Waals surface area contributed by atoms with Crippen LogP contribution in [-0.4, -0.2) is 29.2 Å². The molecule has 5 heteroatoms. The summed E-state index contributed by atoms with van der Waals surface area (Å²) in [5.74, 6) is 0.227. The highest BCUT2D eigenvalue weighted by atomic mass is 16.4. The third-order valence-electron chi connectivity index (χ3n) is 4.60. The number of carboxylic acids is 1. The highest BCUT2D eigenvalue weighted by molar-refractivity contribution is 5.76. The molecule has 0 aromatic rings. The van der Waals surface area contributed by atoms with E-state index >= 15 is 0 Å². The number of rotatable bonds is 6. The summed E-state index contributed by atoms with van der Waals surface area (Å²) in [4.78, 5) is 22.8. The molecule has 3 atom stereocenters. The zero-order chi connectivity index (χ0) is 14.5. The van der Waals surface area contributed by atoms with Crippen molar-refractivity contribution in [3.63, 3.8) is 0 Å². The number of hydrogen-bond acceptors (Lipinski definition) is 2. The molecule has 2 aliphatic rings. The SMILES string of the molecule is CCC1CCCC(NC(=O)NC(CC(=O)O)C2CC2)C1. The lowest BCUT2D eigenvalue weighted by Crippen LogP contribution is -2.48. The summed E-state index contributed by atoms with van der Waals surface area (Å²) in [6.45, 7) is 2.20. The van der Waals surface area contributed by atoms with Crippen LogP contribution in [0.15, 0.2) is 0 Å². The first-order valence-electron chi connectivity index (χ1n) is 7.87. The topological polar surface area (TPSA) is 78.4 Å². The highest BCUT2D eigenvalue weighted by Gasteiger charge is 2.34. The monoisotopic (exact) mass is 282 g/mol. The van der Waals surface area contributed by atoms with Gasteiger partial charge in [0.2, 0.25) is 0 Å². The van der Waals surface area contributed by atoms with Crippen LogP contribution in [0.2, 0.25) is 0 Å².